The number of rotatable bonds is 11. The molecule has 1 aliphatic carbocycles. The Kier molecular flexibility index (Phi) is 9.54. The zero-order valence-corrected chi connectivity index (χ0v) is 21.6. The van der Waals surface area contributed by atoms with Gasteiger partial charge >= 0.3 is 0 Å². The molecule has 0 bridgehead atoms. The minimum absolute atomic E-state index is 0.0670. The van der Waals surface area contributed by atoms with Gasteiger partial charge in [-0.3, -0.25) is 9.59 Å². The van der Waals surface area contributed by atoms with E-state index >= 15 is 0 Å². The van der Waals surface area contributed by atoms with Gasteiger partial charge in [0.15, 0.2) is 5.78 Å². The number of aryl methyl sites for hydroxylation is 1. The predicted octanol–water partition coefficient (Wildman–Crippen LogP) is 7.51. The molecule has 1 saturated carbocycles. The first-order valence-corrected chi connectivity index (χ1v) is 13.6. The van der Waals surface area contributed by atoms with Crippen LogP contribution < -0.4 is 5.32 Å². The van der Waals surface area contributed by atoms with Gasteiger partial charge in [-0.2, -0.15) is 0 Å². The van der Waals surface area contributed by atoms with E-state index in [1.807, 2.05) is 31.3 Å². The molecule has 1 unspecified atom stereocenters. The van der Waals surface area contributed by atoms with Crippen LogP contribution in [0.3, 0.4) is 0 Å². The van der Waals surface area contributed by atoms with Gasteiger partial charge in [-0.25, -0.2) is 0 Å². The standard InChI is InChI=1S/C28H40N2O2S/c1-5-11-24(31)26-19-23(25(7-3)33-26)27(20-12-9-8-10-13-20)29-22-16-14-21(15-17-22)28(32)30(4)18-6-2/h14-17,19-20,27,29H,5-13,18H2,1-4H3. The highest BCUT2D eigenvalue weighted by molar-refractivity contribution is 7.14. The molecule has 33 heavy (non-hydrogen) atoms. The second-order valence-corrected chi connectivity index (χ2v) is 10.5. The number of amides is 1. The summed E-state index contributed by atoms with van der Waals surface area (Å²) in [6.45, 7) is 7.10. The van der Waals surface area contributed by atoms with Gasteiger partial charge in [0.1, 0.15) is 0 Å². The van der Waals surface area contributed by atoms with E-state index in [2.05, 4.69) is 32.2 Å². The molecular formula is C28H40N2O2S. The molecule has 4 nitrogen and oxygen atoms in total. The molecular weight excluding hydrogens is 428 g/mol. The zero-order valence-electron chi connectivity index (χ0n) is 20.8. The smallest absolute Gasteiger partial charge is 0.253 e. The van der Waals surface area contributed by atoms with Gasteiger partial charge in [-0.15, -0.1) is 11.3 Å². The fourth-order valence-corrected chi connectivity index (χ4v) is 6.05. The molecule has 1 fully saturated rings. The Hall–Kier alpha value is -2.14. The highest BCUT2D eigenvalue weighted by Gasteiger charge is 2.29. The molecule has 1 amide bonds. The molecule has 0 aliphatic heterocycles. The van der Waals surface area contributed by atoms with Crippen molar-refractivity contribution in [3.63, 3.8) is 0 Å². The summed E-state index contributed by atoms with van der Waals surface area (Å²) < 4.78 is 0. The Bertz CT molecular complexity index is 912. The second kappa shape index (κ2) is 12.4. The van der Waals surface area contributed by atoms with Crippen LogP contribution in [-0.4, -0.2) is 30.2 Å². The van der Waals surface area contributed by atoms with Crippen molar-refractivity contribution in [3.8, 4) is 0 Å². The van der Waals surface area contributed by atoms with Crippen molar-refractivity contribution in [2.45, 2.75) is 84.6 Å². The van der Waals surface area contributed by atoms with Crippen molar-refractivity contribution in [3.05, 3.63) is 51.2 Å². The highest BCUT2D eigenvalue weighted by atomic mass is 32.1. The lowest BCUT2D eigenvalue weighted by molar-refractivity contribution is 0.0795. The number of thiophene rings is 1. The number of hydrogen-bond donors (Lipinski definition) is 1. The largest absolute Gasteiger partial charge is 0.378 e. The van der Waals surface area contributed by atoms with E-state index in [9.17, 15) is 9.59 Å². The first kappa shape index (κ1) is 25.5. The number of hydrogen-bond acceptors (Lipinski definition) is 4. The topological polar surface area (TPSA) is 49.4 Å². The van der Waals surface area contributed by atoms with Crippen LogP contribution in [0.25, 0.3) is 0 Å². The van der Waals surface area contributed by atoms with E-state index < -0.39 is 0 Å². The summed E-state index contributed by atoms with van der Waals surface area (Å²) >= 11 is 1.68. The SMILES string of the molecule is CCCC(=O)c1cc(C(Nc2ccc(C(=O)N(C)CCC)cc2)C2CCCCC2)c(CC)s1. The number of carbonyl (C=O) groups is 2. The predicted molar refractivity (Wildman–Crippen MR) is 140 cm³/mol. The average Bonchev–Trinajstić information content (AvgIpc) is 3.27. The van der Waals surface area contributed by atoms with E-state index in [4.69, 9.17) is 0 Å². The van der Waals surface area contributed by atoms with E-state index in [0.717, 1.165) is 41.9 Å². The lowest BCUT2D eigenvalue weighted by Crippen LogP contribution is -2.27. The number of nitrogens with zero attached hydrogens (tertiary/aromatic N) is 1. The first-order chi connectivity index (χ1) is 16.0. The Morgan fingerprint density at radius 1 is 1.06 bits per heavy atom. The Morgan fingerprint density at radius 3 is 2.36 bits per heavy atom. The third kappa shape index (κ3) is 6.47. The maximum atomic E-state index is 12.6. The number of Topliss-reactive ketones (excluding diaryl/α,β-unsaturated/α-hetero) is 1. The van der Waals surface area contributed by atoms with Crippen LogP contribution in [0.4, 0.5) is 5.69 Å². The van der Waals surface area contributed by atoms with Gasteiger partial charge in [-0.1, -0.05) is 40.0 Å². The van der Waals surface area contributed by atoms with Crippen molar-refractivity contribution in [1.29, 1.82) is 0 Å². The fourth-order valence-electron chi connectivity index (χ4n) is 4.93. The molecule has 2 aromatic rings. The van der Waals surface area contributed by atoms with Crippen molar-refractivity contribution in [2.24, 2.45) is 5.92 Å². The van der Waals surface area contributed by atoms with Gasteiger partial charge in [0.2, 0.25) is 0 Å². The lowest BCUT2D eigenvalue weighted by Gasteiger charge is -2.32. The monoisotopic (exact) mass is 468 g/mol. The van der Waals surface area contributed by atoms with Gasteiger partial charge in [0, 0.05) is 36.1 Å². The average molecular weight is 469 g/mol. The lowest BCUT2D eigenvalue weighted by atomic mass is 9.80. The van der Waals surface area contributed by atoms with Crippen LogP contribution in [0.5, 0.6) is 0 Å². The molecule has 0 radical (unpaired) electrons. The second-order valence-electron chi connectivity index (χ2n) is 9.34. The fraction of sp³-hybridized carbons (Fsp3) is 0.571. The maximum Gasteiger partial charge on any atom is 0.253 e. The minimum Gasteiger partial charge on any atom is -0.378 e. The van der Waals surface area contributed by atoms with Crippen LogP contribution in [0.2, 0.25) is 0 Å². The molecule has 0 saturated heterocycles. The minimum atomic E-state index is 0.0670. The van der Waals surface area contributed by atoms with E-state index in [-0.39, 0.29) is 17.7 Å². The summed E-state index contributed by atoms with van der Waals surface area (Å²) in [5, 5.41) is 3.81. The normalized spacial score (nSPS) is 15.3. The van der Waals surface area contributed by atoms with E-state index in [1.54, 1.807) is 16.2 Å². The van der Waals surface area contributed by atoms with E-state index in [0.29, 0.717) is 12.3 Å². The van der Waals surface area contributed by atoms with Crippen LogP contribution in [0.15, 0.2) is 30.3 Å². The number of anilines is 1. The summed E-state index contributed by atoms with van der Waals surface area (Å²) in [6, 6.07) is 10.3. The summed E-state index contributed by atoms with van der Waals surface area (Å²) in [4.78, 5) is 29.3. The van der Waals surface area contributed by atoms with Crippen LogP contribution >= 0.6 is 11.3 Å². The highest BCUT2D eigenvalue weighted by Crippen LogP contribution is 2.41. The summed E-state index contributed by atoms with van der Waals surface area (Å²) in [5.74, 6) is 0.895. The zero-order chi connectivity index (χ0) is 23.8. The molecule has 1 N–H and O–H groups in total. The van der Waals surface area contributed by atoms with E-state index in [1.165, 1.54) is 42.5 Å². The Balaban J connectivity index is 1.87. The Labute approximate surface area is 203 Å². The molecule has 180 valence electrons. The third-order valence-electron chi connectivity index (χ3n) is 6.73. The number of carbonyl (C=O) groups excluding carboxylic acids is 2. The van der Waals surface area contributed by atoms with Crippen LogP contribution in [0.1, 0.15) is 109 Å². The number of ketones is 1. The number of benzene rings is 1. The van der Waals surface area contributed by atoms with Gasteiger partial charge in [0.25, 0.3) is 5.91 Å². The van der Waals surface area contributed by atoms with Crippen LogP contribution in [0, 0.1) is 5.92 Å². The van der Waals surface area contributed by atoms with Gasteiger partial charge in [-0.05, 0) is 73.9 Å². The van der Waals surface area contributed by atoms with Crippen molar-refractivity contribution >= 4 is 28.7 Å². The van der Waals surface area contributed by atoms with Gasteiger partial charge in [0.05, 0.1) is 10.9 Å². The third-order valence-corrected chi connectivity index (χ3v) is 8.07. The van der Waals surface area contributed by atoms with Crippen molar-refractivity contribution in [1.82, 2.24) is 4.90 Å². The van der Waals surface area contributed by atoms with Crippen molar-refractivity contribution < 1.29 is 9.59 Å². The summed E-state index contributed by atoms with van der Waals surface area (Å²) in [7, 11) is 1.86. The molecule has 5 heteroatoms. The molecule has 0 spiro atoms. The molecule has 1 heterocycles. The van der Waals surface area contributed by atoms with Crippen molar-refractivity contribution in [2.75, 3.05) is 18.9 Å². The van der Waals surface area contributed by atoms with Crippen LogP contribution in [-0.2, 0) is 6.42 Å². The summed E-state index contributed by atoms with van der Waals surface area (Å²) in [5.41, 5.74) is 3.06. The first-order valence-electron chi connectivity index (χ1n) is 12.8. The quantitative estimate of drug-likeness (QED) is 0.347. The molecule has 1 aliphatic rings. The molecule has 1 aromatic heterocycles. The summed E-state index contributed by atoms with van der Waals surface area (Å²) in [6.07, 6.45) is 9.69. The Morgan fingerprint density at radius 2 is 1.76 bits per heavy atom. The molecule has 1 atom stereocenters. The molecule has 1 aromatic carbocycles. The van der Waals surface area contributed by atoms with Gasteiger partial charge < -0.3 is 10.2 Å². The molecule has 3 rings (SSSR count). The number of nitrogens with one attached hydrogen (secondary N) is 1. The maximum absolute atomic E-state index is 12.6.